The number of fused-ring (bicyclic) bond motifs is 21. The molecule has 0 unspecified atom stereocenters. The van der Waals surface area contributed by atoms with E-state index in [1.807, 2.05) is 22.7 Å². The van der Waals surface area contributed by atoms with Crippen molar-refractivity contribution < 1.29 is 0 Å². The quantitative estimate of drug-likeness (QED) is 0.177. The average molecular weight is 942 g/mol. The lowest BCUT2D eigenvalue weighted by Gasteiger charge is -2.22. The zero-order valence-electron chi connectivity index (χ0n) is 36.9. The smallest absolute Gasteiger partial charge is 0.103 e. The van der Waals surface area contributed by atoms with E-state index < -0.39 is 0 Å². The number of thiophene rings is 3. The van der Waals surface area contributed by atoms with Gasteiger partial charge in [-0.05, 0) is 60.7 Å². The molecule has 0 aliphatic rings. The van der Waals surface area contributed by atoms with Crippen molar-refractivity contribution in [1.82, 2.24) is 13.7 Å². The van der Waals surface area contributed by atoms with E-state index in [4.69, 9.17) is 0 Å². The minimum atomic E-state index is 0.317. The molecule has 0 aliphatic heterocycles. The molecule has 0 saturated carbocycles. The van der Waals surface area contributed by atoms with Crippen LogP contribution < -0.4 is 0 Å². The Morgan fingerprint density at radius 1 is 0.300 bits per heavy atom. The van der Waals surface area contributed by atoms with Gasteiger partial charge in [-0.3, -0.25) is 0 Å². The molecule has 0 amide bonds. The number of benzene rings is 10. The lowest BCUT2D eigenvalue weighted by molar-refractivity contribution is 1.06. The van der Waals surface area contributed by atoms with E-state index in [9.17, 15) is 10.5 Å². The fourth-order valence-electron chi connectivity index (χ4n) is 11.9. The van der Waals surface area contributed by atoms with Crippen molar-refractivity contribution in [2.24, 2.45) is 0 Å². The van der Waals surface area contributed by atoms with Crippen molar-refractivity contribution in [3.05, 3.63) is 199 Å². The maximum absolute atomic E-state index is 12.0. The number of rotatable bonds is 3. The summed E-state index contributed by atoms with van der Waals surface area (Å²) in [4.78, 5) is 0. The molecule has 5 nitrogen and oxygen atoms in total. The Bertz CT molecular complexity index is 5110. The highest BCUT2D eigenvalue weighted by atomic mass is 32.1. The van der Waals surface area contributed by atoms with Crippen LogP contribution in [0.15, 0.2) is 188 Å². The molecule has 0 spiro atoms. The molecule has 0 aliphatic carbocycles. The third-order valence-corrected chi connectivity index (χ3v) is 18.3. The second kappa shape index (κ2) is 13.9. The fourth-order valence-corrected chi connectivity index (χ4v) is 15.7. The van der Waals surface area contributed by atoms with Crippen molar-refractivity contribution in [2.75, 3.05) is 0 Å². The van der Waals surface area contributed by atoms with Crippen LogP contribution in [-0.2, 0) is 0 Å². The first-order valence-electron chi connectivity index (χ1n) is 23.2. The zero-order chi connectivity index (χ0) is 45.9. The summed E-state index contributed by atoms with van der Waals surface area (Å²) in [5.41, 5.74) is 8.72. The molecular formula is C62H31N5S3. The van der Waals surface area contributed by atoms with E-state index in [2.05, 4.69) is 214 Å². The minimum absolute atomic E-state index is 0.317. The molecule has 322 valence electrons. The monoisotopic (exact) mass is 941 g/mol. The van der Waals surface area contributed by atoms with Crippen LogP contribution in [0.3, 0.4) is 0 Å². The Balaban J connectivity index is 1.12. The molecule has 16 rings (SSSR count). The molecule has 8 heteroatoms. The third kappa shape index (κ3) is 4.82. The molecule has 6 heterocycles. The van der Waals surface area contributed by atoms with Crippen LogP contribution in [0.2, 0.25) is 0 Å². The lowest BCUT2D eigenvalue weighted by atomic mass is 10.0. The Hall–Kier alpha value is -8.76. The van der Waals surface area contributed by atoms with Gasteiger partial charge in [0.25, 0.3) is 0 Å². The standard InChI is InChI=1S/C62H31N5S3/c63-32-43-44(33-64)59(67-47-21-9-3-18-42(47)58-50(67)30-27-39-36-15-6-12-24-55(36)70-62(39)58)52(66-46-20-8-2-17-41(46)57-49(66)29-26-38-35-14-5-11-23-54(35)69-61(38)57)31-51(43)65-45-19-7-1-16-40(45)56-48(65)28-25-37-34-13-4-10-22-53(34)68-60(37)56/h1-31H. The van der Waals surface area contributed by atoms with E-state index in [-0.39, 0.29) is 0 Å². The Kier molecular flexibility index (Phi) is 7.60. The van der Waals surface area contributed by atoms with Gasteiger partial charge in [0.15, 0.2) is 0 Å². The number of nitriles is 2. The van der Waals surface area contributed by atoms with E-state index >= 15 is 0 Å². The molecular weight excluding hydrogens is 911 g/mol. The van der Waals surface area contributed by atoms with Crippen molar-refractivity contribution in [3.8, 4) is 29.2 Å². The van der Waals surface area contributed by atoms with Gasteiger partial charge in [-0.25, -0.2) is 0 Å². The first-order chi connectivity index (χ1) is 34.7. The van der Waals surface area contributed by atoms with Gasteiger partial charge in [-0.15, -0.1) is 34.0 Å². The van der Waals surface area contributed by atoms with Crippen LogP contribution in [0, 0.1) is 22.7 Å². The number of aromatic nitrogens is 3. The predicted octanol–water partition coefficient (Wildman–Crippen LogP) is 17.8. The molecule has 70 heavy (non-hydrogen) atoms. The van der Waals surface area contributed by atoms with Crippen LogP contribution in [0.25, 0.3) is 143 Å². The molecule has 6 aromatic heterocycles. The second-order valence-electron chi connectivity index (χ2n) is 18.1. The van der Waals surface area contributed by atoms with Crippen molar-refractivity contribution in [1.29, 1.82) is 10.5 Å². The third-order valence-electron chi connectivity index (χ3n) is 14.7. The fraction of sp³-hybridized carbons (Fsp3) is 0. The molecule has 0 radical (unpaired) electrons. The largest absolute Gasteiger partial charge is 0.308 e. The summed E-state index contributed by atoms with van der Waals surface area (Å²) in [5.74, 6) is 0. The highest BCUT2D eigenvalue weighted by Crippen LogP contribution is 2.50. The van der Waals surface area contributed by atoms with Crippen LogP contribution in [-0.4, -0.2) is 13.7 Å². The van der Waals surface area contributed by atoms with Crippen LogP contribution >= 0.6 is 34.0 Å². The highest BCUT2D eigenvalue weighted by Gasteiger charge is 2.30. The van der Waals surface area contributed by atoms with Crippen molar-refractivity contribution in [3.63, 3.8) is 0 Å². The summed E-state index contributed by atoms with van der Waals surface area (Å²) in [7, 11) is 0. The van der Waals surface area contributed by atoms with E-state index in [1.54, 1.807) is 11.3 Å². The zero-order valence-corrected chi connectivity index (χ0v) is 39.3. The Morgan fingerprint density at radius 3 is 1.06 bits per heavy atom. The van der Waals surface area contributed by atoms with Gasteiger partial charge in [0, 0.05) is 92.8 Å². The van der Waals surface area contributed by atoms with Gasteiger partial charge in [0.2, 0.25) is 0 Å². The molecule has 10 aromatic carbocycles. The minimum Gasteiger partial charge on any atom is -0.308 e. The van der Waals surface area contributed by atoms with Gasteiger partial charge < -0.3 is 13.7 Å². The lowest BCUT2D eigenvalue weighted by Crippen LogP contribution is -2.11. The predicted molar refractivity (Wildman–Crippen MR) is 298 cm³/mol. The molecule has 0 N–H and O–H groups in total. The summed E-state index contributed by atoms with van der Waals surface area (Å²) in [6.45, 7) is 0. The SMILES string of the molecule is N#Cc1c(-n2c3ccccc3c3c4sc5ccccc5c4ccc32)cc(-n2c3ccccc3c3c4sc5ccccc5c4ccc32)c(-n2c3ccccc3c3c4sc5ccccc5c4ccc32)c1C#N. The van der Waals surface area contributed by atoms with Crippen LogP contribution in [0.5, 0.6) is 0 Å². The summed E-state index contributed by atoms with van der Waals surface area (Å²) >= 11 is 5.44. The topological polar surface area (TPSA) is 62.4 Å². The summed E-state index contributed by atoms with van der Waals surface area (Å²) in [5, 5.41) is 37.8. The normalized spacial score (nSPS) is 12.3. The average Bonchev–Trinajstić information content (AvgIpc) is 4.26. The highest BCUT2D eigenvalue weighted by molar-refractivity contribution is 7.27. The number of para-hydroxylation sites is 3. The van der Waals surface area contributed by atoms with Crippen molar-refractivity contribution >= 4 is 160 Å². The van der Waals surface area contributed by atoms with E-state index in [0.717, 1.165) is 65.7 Å². The number of nitrogens with zero attached hydrogens (tertiary/aromatic N) is 5. The molecule has 0 bridgehead atoms. The number of hydrogen-bond donors (Lipinski definition) is 0. The summed E-state index contributed by atoms with van der Waals surface area (Å²) < 4.78 is 14.2. The Morgan fingerprint density at radius 2 is 0.643 bits per heavy atom. The second-order valence-corrected chi connectivity index (χ2v) is 21.3. The Labute approximate surface area is 409 Å². The maximum Gasteiger partial charge on any atom is 0.103 e. The van der Waals surface area contributed by atoms with Gasteiger partial charge >= 0.3 is 0 Å². The van der Waals surface area contributed by atoms with Gasteiger partial charge in [0.05, 0.1) is 61.3 Å². The van der Waals surface area contributed by atoms with Crippen LogP contribution in [0.4, 0.5) is 0 Å². The summed E-state index contributed by atoms with van der Waals surface area (Å²) in [6.07, 6.45) is 0. The van der Waals surface area contributed by atoms with E-state index in [0.29, 0.717) is 22.5 Å². The first kappa shape index (κ1) is 38.2. The van der Waals surface area contributed by atoms with Crippen LogP contribution in [0.1, 0.15) is 11.1 Å². The van der Waals surface area contributed by atoms with E-state index in [1.165, 1.54) is 65.9 Å². The number of hydrogen-bond acceptors (Lipinski definition) is 5. The maximum atomic E-state index is 12.0. The van der Waals surface area contributed by atoms with Gasteiger partial charge in [-0.2, -0.15) is 10.5 Å². The van der Waals surface area contributed by atoms with Gasteiger partial charge in [-0.1, -0.05) is 127 Å². The van der Waals surface area contributed by atoms with Crippen molar-refractivity contribution in [2.45, 2.75) is 0 Å². The molecule has 0 saturated heterocycles. The molecule has 0 fully saturated rings. The molecule has 0 atom stereocenters. The summed E-state index contributed by atoms with van der Waals surface area (Å²) in [6, 6.07) is 72.6. The first-order valence-corrected chi connectivity index (χ1v) is 25.7. The molecule has 16 aromatic rings. The van der Waals surface area contributed by atoms with Gasteiger partial charge in [0.1, 0.15) is 12.1 Å².